The molecule has 0 unspecified atom stereocenters. The second kappa shape index (κ2) is 6.98. The van der Waals surface area contributed by atoms with E-state index in [-0.39, 0.29) is 11.5 Å². The molecule has 0 spiro atoms. The maximum absolute atomic E-state index is 12.9. The number of amides is 1. The van der Waals surface area contributed by atoms with E-state index in [0.29, 0.717) is 14.9 Å². The summed E-state index contributed by atoms with van der Waals surface area (Å²) in [4.78, 5) is 25.9. The average molecular weight is 391 g/mol. The highest BCUT2D eigenvalue weighted by Gasteiger charge is 2.33. The van der Waals surface area contributed by atoms with Gasteiger partial charge in [0.05, 0.1) is 16.2 Å². The molecule has 132 valence electrons. The van der Waals surface area contributed by atoms with Crippen molar-refractivity contribution in [2.75, 3.05) is 4.90 Å². The molecule has 6 heteroatoms. The van der Waals surface area contributed by atoms with Crippen LogP contribution >= 0.6 is 24.0 Å². The minimum absolute atomic E-state index is 0.162. The van der Waals surface area contributed by atoms with Gasteiger partial charge < -0.3 is 5.11 Å². The van der Waals surface area contributed by atoms with Crippen molar-refractivity contribution in [2.24, 2.45) is 0 Å². The van der Waals surface area contributed by atoms with Gasteiger partial charge in [0.15, 0.2) is 4.32 Å². The molecule has 1 saturated heterocycles. The summed E-state index contributed by atoms with van der Waals surface area (Å²) in [6, 6.07) is 20.1. The van der Waals surface area contributed by atoms with E-state index in [1.165, 1.54) is 28.8 Å². The Hall–Kier alpha value is -2.96. The summed E-state index contributed by atoms with van der Waals surface area (Å²) in [5.74, 6) is -1.22. The van der Waals surface area contributed by atoms with Gasteiger partial charge >= 0.3 is 5.97 Å². The molecule has 0 bridgehead atoms. The number of anilines is 1. The van der Waals surface area contributed by atoms with Gasteiger partial charge in [-0.3, -0.25) is 9.69 Å². The van der Waals surface area contributed by atoms with Crippen LogP contribution < -0.4 is 4.90 Å². The van der Waals surface area contributed by atoms with E-state index in [1.807, 2.05) is 48.5 Å². The Morgan fingerprint density at radius 3 is 2.44 bits per heavy atom. The van der Waals surface area contributed by atoms with Gasteiger partial charge in [0, 0.05) is 0 Å². The lowest BCUT2D eigenvalue weighted by atomic mass is 10.0. The summed E-state index contributed by atoms with van der Waals surface area (Å²) in [6.45, 7) is 0. The lowest BCUT2D eigenvalue weighted by Gasteiger charge is -2.14. The summed E-state index contributed by atoms with van der Waals surface area (Å²) >= 11 is 6.63. The molecule has 4 rings (SSSR count). The first-order chi connectivity index (χ1) is 13.0. The van der Waals surface area contributed by atoms with E-state index in [4.69, 9.17) is 17.3 Å². The minimum Gasteiger partial charge on any atom is -0.478 e. The summed E-state index contributed by atoms with van der Waals surface area (Å²) in [6.07, 6.45) is 1.85. The fourth-order valence-corrected chi connectivity index (χ4v) is 4.25. The zero-order chi connectivity index (χ0) is 19.0. The number of hydrogen-bond donors (Lipinski definition) is 1. The second-order valence-corrected chi connectivity index (χ2v) is 7.61. The van der Waals surface area contributed by atoms with Crippen LogP contribution in [-0.4, -0.2) is 21.3 Å². The summed E-state index contributed by atoms with van der Waals surface area (Å²) < 4.78 is 0.426. The third kappa shape index (κ3) is 3.25. The van der Waals surface area contributed by atoms with Crippen LogP contribution in [0.1, 0.15) is 15.9 Å². The van der Waals surface area contributed by atoms with E-state index in [2.05, 4.69) is 0 Å². The summed E-state index contributed by atoms with van der Waals surface area (Å²) in [7, 11) is 0. The van der Waals surface area contributed by atoms with Crippen LogP contribution in [0.2, 0.25) is 0 Å². The molecule has 1 heterocycles. The normalized spacial score (nSPS) is 15.7. The number of thioether (sulfide) groups is 1. The number of thiocarbonyl (C=S) groups is 1. The Morgan fingerprint density at radius 1 is 1.00 bits per heavy atom. The van der Waals surface area contributed by atoms with Crippen molar-refractivity contribution in [1.29, 1.82) is 0 Å². The first-order valence-corrected chi connectivity index (χ1v) is 9.36. The first kappa shape index (κ1) is 17.5. The van der Waals surface area contributed by atoms with Gasteiger partial charge in [-0.15, -0.1) is 0 Å². The number of carboxylic acids is 1. The molecular weight excluding hydrogens is 378 g/mol. The number of aromatic carboxylic acids is 1. The highest BCUT2D eigenvalue weighted by Crippen LogP contribution is 2.36. The third-order valence-electron chi connectivity index (χ3n) is 4.28. The predicted molar refractivity (Wildman–Crippen MR) is 113 cm³/mol. The van der Waals surface area contributed by atoms with Gasteiger partial charge in [0.2, 0.25) is 0 Å². The Morgan fingerprint density at radius 2 is 1.70 bits per heavy atom. The molecule has 1 fully saturated rings. The zero-order valence-corrected chi connectivity index (χ0v) is 15.6. The molecule has 1 N–H and O–H groups in total. The third-order valence-corrected chi connectivity index (χ3v) is 5.58. The van der Waals surface area contributed by atoms with Gasteiger partial charge in [0.1, 0.15) is 0 Å². The number of carbonyl (C=O) groups excluding carboxylic acids is 1. The molecule has 4 nitrogen and oxygen atoms in total. The molecule has 27 heavy (non-hydrogen) atoms. The van der Waals surface area contributed by atoms with Crippen LogP contribution in [0.25, 0.3) is 16.8 Å². The van der Waals surface area contributed by atoms with Gasteiger partial charge in [-0.05, 0) is 46.7 Å². The van der Waals surface area contributed by atoms with Gasteiger partial charge in [0.25, 0.3) is 5.91 Å². The molecule has 1 aliphatic rings. The molecule has 1 aliphatic heterocycles. The van der Waals surface area contributed by atoms with Crippen molar-refractivity contribution >= 4 is 62.7 Å². The quantitative estimate of drug-likeness (QED) is 0.506. The molecule has 3 aromatic carbocycles. The maximum atomic E-state index is 12.9. The van der Waals surface area contributed by atoms with Crippen molar-refractivity contribution in [3.05, 3.63) is 82.8 Å². The second-order valence-electron chi connectivity index (χ2n) is 5.94. The number of rotatable bonds is 3. The largest absolute Gasteiger partial charge is 0.478 e. The number of benzene rings is 3. The average Bonchev–Trinajstić information content (AvgIpc) is 2.95. The number of carboxylic acid groups (broad SMARTS) is 1. The monoisotopic (exact) mass is 391 g/mol. The highest BCUT2D eigenvalue weighted by molar-refractivity contribution is 8.27. The highest BCUT2D eigenvalue weighted by atomic mass is 32.2. The van der Waals surface area contributed by atoms with E-state index in [9.17, 15) is 9.59 Å². The molecule has 1 amide bonds. The predicted octanol–water partition coefficient (Wildman–Crippen LogP) is 4.94. The van der Waals surface area contributed by atoms with E-state index < -0.39 is 5.97 Å². The molecule has 0 atom stereocenters. The Kier molecular flexibility index (Phi) is 4.51. The molecule has 3 aromatic rings. The van der Waals surface area contributed by atoms with Crippen LogP contribution in [0, 0.1) is 0 Å². The number of nitrogens with zero attached hydrogens (tertiary/aromatic N) is 1. The maximum Gasteiger partial charge on any atom is 0.335 e. The standard InChI is InChI=1S/C21H13NO3S2/c23-19-18(12-15-6-3-5-13-4-1-2-7-17(13)15)27-21(26)22(19)16-10-8-14(9-11-16)20(24)25/h1-12H,(H,24,25)/b18-12+. The van der Waals surface area contributed by atoms with Crippen molar-refractivity contribution in [3.8, 4) is 0 Å². The van der Waals surface area contributed by atoms with E-state index in [1.54, 1.807) is 12.1 Å². The smallest absolute Gasteiger partial charge is 0.335 e. The molecule has 0 saturated carbocycles. The van der Waals surface area contributed by atoms with Gasteiger partial charge in [-0.2, -0.15) is 0 Å². The van der Waals surface area contributed by atoms with E-state index in [0.717, 1.165) is 16.3 Å². The van der Waals surface area contributed by atoms with Crippen LogP contribution in [0.5, 0.6) is 0 Å². The number of carbonyl (C=O) groups is 2. The van der Waals surface area contributed by atoms with Crippen LogP contribution in [-0.2, 0) is 4.79 Å². The van der Waals surface area contributed by atoms with Crippen molar-refractivity contribution in [1.82, 2.24) is 0 Å². The Bertz CT molecular complexity index is 1110. The summed E-state index contributed by atoms with van der Waals surface area (Å²) in [5, 5.41) is 11.2. The zero-order valence-electron chi connectivity index (χ0n) is 14.0. The first-order valence-electron chi connectivity index (χ1n) is 8.14. The van der Waals surface area contributed by atoms with Crippen molar-refractivity contribution in [3.63, 3.8) is 0 Å². The summed E-state index contributed by atoms with van der Waals surface area (Å²) in [5.41, 5.74) is 1.68. The number of hydrogen-bond acceptors (Lipinski definition) is 4. The topological polar surface area (TPSA) is 57.6 Å². The number of fused-ring (bicyclic) bond motifs is 1. The fourth-order valence-electron chi connectivity index (χ4n) is 2.96. The fraction of sp³-hybridized carbons (Fsp3) is 0. The SMILES string of the molecule is O=C(O)c1ccc(N2C(=O)/C(=C\c3cccc4ccccc34)SC2=S)cc1. The van der Waals surface area contributed by atoms with Crippen LogP contribution in [0.3, 0.4) is 0 Å². The van der Waals surface area contributed by atoms with Crippen molar-refractivity contribution < 1.29 is 14.7 Å². The van der Waals surface area contributed by atoms with E-state index >= 15 is 0 Å². The molecule has 0 aromatic heterocycles. The Balaban J connectivity index is 1.70. The lowest BCUT2D eigenvalue weighted by molar-refractivity contribution is -0.113. The minimum atomic E-state index is -1.01. The van der Waals surface area contributed by atoms with Gasteiger partial charge in [-0.25, -0.2) is 4.79 Å². The van der Waals surface area contributed by atoms with Crippen LogP contribution in [0.4, 0.5) is 5.69 Å². The lowest BCUT2D eigenvalue weighted by Crippen LogP contribution is -2.27. The van der Waals surface area contributed by atoms with Gasteiger partial charge in [-0.1, -0.05) is 66.4 Å². The van der Waals surface area contributed by atoms with Crippen LogP contribution in [0.15, 0.2) is 71.6 Å². The van der Waals surface area contributed by atoms with Crippen molar-refractivity contribution in [2.45, 2.75) is 0 Å². The molecular formula is C21H13NO3S2. The molecule has 0 aliphatic carbocycles. The molecule has 0 radical (unpaired) electrons. The Labute approximate surface area is 165 Å².